The number of carbonyl (C=O) groups is 1. The molecule has 1 amide bonds. The van der Waals surface area contributed by atoms with Gasteiger partial charge < -0.3 is 9.47 Å². The number of nitro groups is 1. The normalized spacial score (nSPS) is 14.4. The second-order valence-corrected chi connectivity index (χ2v) is 8.58. The van der Waals surface area contributed by atoms with Crippen LogP contribution in [0.5, 0.6) is 5.75 Å². The number of rotatable bonds is 7. The monoisotopic (exact) mass is 476 g/mol. The van der Waals surface area contributed by atoms with Gasteiger partial charge in [0.05, 0.1) is 46.0 Å². The Kier molecular flexibility index (Phi) is 6.85. The first-order chi connectivity index (χ1) is 15.5. The lowest BCUT2D eigenvalue weighted by Crippen LogP contribution is -2.43. The Balaban J connectivity index is 1.69. The molecule has 1 saturated heterocycles. The van der Waals surface area contributed by atoms with Crippen LogP contribution in [0.25, 0.3) is 10.2 Å². The number of nitro benzene ring substituents is 1. The molecule has 1 aliphatic rings. The van der Waals surface area contributed by atoms with Crippen molar-refractivity contribution < 1.29 is 19.2 Å². The molecule has 1 aliphatic heterocycles. The first-order valence-electron chi connectivity index (χ1n) is 9.97. The van der Waals surface area contributed by atoms with Crippen LogP contribution in [0.15, 0.2) is 36.4 Å². The summed E-state index contributed by atoms with van der Waals surface area (Å²) >= 11 is 7.62. The van der Waals surface area contributed by atoms with Crippen LogP contribution in [0.2, 0.25) is 5.02 Å². The van der Waals surface area contributed by atoms with Crippen molar-refractivity contribution in [2.75, 3.05) is 51.4 Å². The minimum absolute atomic E-state index is 0.0691. The predicted molar refractivity (Wildman–Crippen MR) is 123 cm³/mol. The smallest absolute Gasteiger partial charge is 0.270 e. The Labute approximate surface area is 193 Å². The van der Waals surface area contributed by atoms with E-state index in [2.05, 4.69) is 9.88 Å². The number of benzene rings is 2. The molecule has 0 bridgehead atoms. The molecule has 0 atom stereocenters. The molecule has 0 spiro atoms. The third kappa shape index (κ3) is 4.83. The molecule has 0 N–H and O–H groups in total. The number of hydrogen-bond acceptors (Lipinski definition) is 8. The number of nitrogens with zero attached hydrogens (tertiary/aromatic N) is 4. The number of anilines is 1. The number of methoxy groups -OCH3 is 1. The Morgan fingerprint density at radius 2 is 2.09 bits per heavy atom. The van der Waals surface area contributed by atoms with Crippen molar-refractivity contribution in [1.82, 2.24) is 9.88 Å². The molecule has 1 fully saturated rings. The predicted octanol–water partition coefficient (Wildman–Crippen LogP) is 3.85. The zero-order valence-electron chi connectivity index (χ0n) is 17.3. The highest BCUT2D eigenvalue weighted by molar-refractivity contribution is 7.22. The van der Waals surface area contributed by atoms with Crippen LogP contribution < -0.4 is 9.64 Å². The number of hydrogen-bond donors (Lipinski definition) is 0. The maximum absolute atomic E-state index is 13.5. The standard InChI is InChI=1S/C21H21ClN4O5S/c1-30-15-3-5-18-19(13-15)32-21(23-18)25(7-6-24-8-10-31-11-9-24)20(27)16-12-14(26(28)29)2-4-17(16)22/h2-5,12-13H,6-11H2,1H3. The van der Waals surface area contributed by atoms with Gasteiger partial charge in [-0.1, -0.05) is 22.9 Å². The molecule has 32 heavy (non-hydrogen) atoms. The fraction of sp³-hybridized carbons (Fsp3) is 0.333. The quantitative estimate of drug-likeness (QED) is 0.377. The number of aromatic nitrogens is 1. The largest absolute Gasteiger partial charge is 0.497 e. The maximum Gasteiger partial charge on any atom is 0.270 e. The molecule has 3 aromatic rings. The van der Waals surface area contributed by atoms with Crippen LogP contribution in [0.3, 0.4) is 0 Å². The van der Waals surface area contributed by atoms with Crippen molar-refractivity contribution in [2.24, 2.45) is 0 Å². The van der Waals surface area contributed by atoms with Crippen LogP contribution >= 0.6 is 22.9 Å². The molecule has 0 radical (unpaired) electrons. The molecular weight excluding hydrogens is 456 g/mol. The number of fused-ring (bicyclic) bond motifs is 1. The van der Waals surface area contributed by atoms with Crippen molar-refractivity contribution in [3.8, 4) is 5.75 Å². The third-order valence-electron chi connectivity index (χ3n) is 5.20. The van der Waals surface area contributed by atoms with Gasteiger partial charge in [0.2, 0.25) is 0 Å². The van der Waals surface area contributed by atoms with Crippen LogP contribution in [0, 0.1) is 10.1 Å². The van der Waals surface area contributed by atoms with Crippen LogP contribution in [0.4, 0.5) is 10.8 Å². The molecule has 0 saturated carbocycles. The Morgan fingerprint density at radius 3 is 2.81 bits per heavy atom. The van der Waals surface area contributed by atoms with E-state index in [-0.39, 0.29) is 16.3 Å². The van der Waals surface area contributed by atoms with Crippen molar-refractivity contribution in [1.29, 1.82) is 0 Å². The van der Waals surface area contributed by atoms with Crippen molar-refractivity contribution in [2.45, 2.75) is 0 Å². The maximum atomic E-state index is 13.5. The molecule has 2 aromatic carbocycles. The van der Waals surface area contributed by atoms with Crippen LogP contribution in [0.1, 0.15) is 10.4 Å². The second-order valence-electron chi connectivity index (χ2n) is 7.16. The van der Waals surface area contributed by atoms with E-state index < -0.39 is 10.8 Å². The summed E-state index contributed by atoms with van der Waals surface area (Å²) in [5.74, 6) is 0.263. The van der Waals surface area contributed by atoms with Gasteiger partial charge in [0.1, 0.15) is 5.75 Å². The van der Waals surface area contributed by atoms with Gasteiger partial charge >= 0.3 is 0 Å². The Bertz CT molecular complexity index is 1150. The van der Waals surface area contributed by atoms with E-state index in [0.717, 1.165) is 23.3 Å². The van der Waals surface area contributed by atoms with Gasteiger partial charge in [0.15, 0.2) is 5.13 Å². The molecule has 11 heteroatoms. The summed E-state index contributed by atoms with van der Waals surface area (Å²) in [6.07, 6.45) is 0. The van der Waals surface area contributed by atoms with Crippen molar-refractivity contribution >= 4 is 49.9 Å². The summed E-state index contributed by atoms with van der Waals surface area (Å²) < 4.78 is 11.5. The summed E-state index contributed by atoms with van der Waals surface area (Å²) in [5.41, 5.74) is 0.611. The van der Waals surface area contributed by atoms with Gasteiger partial charge in [-0.05, 0) is 24.3 Å². The number of morpholine rings is 1. The molecule has 9 nitrogen and oxygen atoms in total. The average Bonchev–Trinajstić information content (AvgIpc) is 3.22. The zero-order chi connectivity index (χ0) is 22.7. The lowest BCUT2D eigenvalue weighted by molar-refractivity contribution is -0.384. The first-order valence-corrected chi connectivity index (χ1v) is 11.2. The topological polar surface area (TPSA) is 98.0 Å². The zero-order valence-corrected chi connectivity index (χ0v) is 18.9. The summed E-state index contributed by atoms with van der Waals surface area (Å²) in [5, 5.41) is 11.9. The van der Waals surface area contributed by atoms with E-state index in [9.17, 15) is 14.9 Å². The van der Waals surface area contributed by atoms with Gasteiger partial charge in [-0.15, -0.1) is 0 Å². The van der Waals surface area contributed by atoms with Gasteiger partial charge in [-0.25, -0.2) is 4.98 Å². The van der Waals surface area contributed by atoms with Gasteiger partial charge in [-0.3, -0.25) is 24.7 Å². The van der Waals surface area contributed by atoms with Crippen molar-refractivity contribution in [3.63, 3.8) is 0 Å². The summed E-state index contributed by atoms with van der Waals surface area (Å²) in [6.45, 7) is 3.81. The number of amides is 1. The molecular formula is C21H21ClN4O5S. The Morgan fingerprint density at radius 1 is 1.31 bits per heavy atom. The summed E-state index contributed by atoms with van der Waals surface area (Å²) in [4.78, 5) is 32.6. The van der Waals surface area contributed by atoms with Gasteiger partial charge in [-0.2, -0.15) is 0 Å². The molecule has 4 rings (SSSR count). The van der Waals surface area contributed by atoms with Gasteiger partial charge in [0.25, 0.3) is 11.6 Å². The molecule has 168 valence electrons. The fourth-order valence-electron chi connectivity index (χ4n) is 3.42. The van der Waals surface area contributed by atoms with E-state index >= 15 is 0 Å². The number of thiazole rings is 1. The Hall–Kier alpha value is -2.79. The van der Waals surface area contributed by atoms with E-state index in [1.807, 2.05) is 18.2 Å². The second kappa shape index (κ2) is 9.78. The highest BCUT2D eigenvalue weighted by Gasteiger charge is 2.26. The number of halogens is 1. The molecule has 0 unspecified atom stereocenters. The lowest BCUT2D eigenvalue weighted by Gasteiger charge is -2.29. The first kappa shape index (κ1) is 22.4. The average molecular weight is 477 g/mol. The summed E-state index contributed by atoms with van der Waals surface area (Å²) in [7, 11) is 1.59. The number of carbonyl (C=O) groups excluding carboxylic acids is 1. The number of ether oxygens (including phenoxy) is 2. The fourth-order valence-corrected chi connectivity index (χ4v) is 4.64. The van der Waals surface area contributed by atoms with E-state index in [1.54, 1.807) is 7.11 Å². The van der Waals surface area contributed by atoms with Gasteiger partial charge in [0, 0.05) is 38.3 Å². The SMILES string of the molecule is COc1ccc2nc(N(CCN3CCOCC3)C(=O)c3cc([N+](=O)[O-])ccc3Cl)sc2c1. The minimum Gasteiger partial charge on any atom is -0.497 e. The lowest BCUT2D eigenvalue weighted by atomic mass is 10.1. The third-order valence-corrected chi connectivity index (χ3v) is 6.57. The summed E-state index contributed by atoms with van der Waals surface area (Å²) in [6, 6.07) is 9.37. The molecule has 0 aliphatic carbocycles. The molecule has 1 aromatic heterocycles. The highest BCUT2D eigenvalue weighted by atomic mass is 35.5. The van der Waals surface area contributed by atoms with Crippen LogP contribution in [-0.4, -0.2) is 67.2 Å². The minimum atomic E-state index is -0.546. The highest BCUT2D eigenvalue weighted by Crippen LogP contribution is 2.33. The number of non-ortho nitro benzene ring substituents is 1. The van der Waals surface area contributed by atoms with E-state index in [0.29, 0.717) is 37.2 Å². The van der Waals surface area contributed by atoms with Crippen molar-refractivity contribution in [3.05, 3.63) is 57.1 Å². The molecule has 2 heterocycles. The van der Waals surface area contributed by atoms with E-state index in [4.69, 9.17) is 21.1 Å². The van der Waals surface area contributed by atoms with E-state index in [1.165, 1.54) is 34.4 Å². The van der Waals surface area contributed by atoms with Crippen LogP contribution in [-0.2, 0) is 4.74 Å².